The number of nitrogens with one attached hydrogen (secondary N) is 2. The van der Waals surface area contributed by atoms with Crippen LogP contribution < -0.4 is 24.8 Å². The Morgan fingerprint density at radius 1 is 0.966 bits per heavy atom. The highest BCUT2D eigenvalue weighted by Gasteiger charge is 2.46. The third-order valence-electron chi connectivity index (χ3n) is 5.07. The first-order valence-electron chi connectivity index (χ1n) is 9.55. The zero-order chi connectivity index (χ0) is 19.8. The Balaban J connectivity index is 0.00000300. The number of methoxy groups -OCH3 is 2. The average molecular weight is 511 g/mol. The molecule has 1 fully saturated rings. The Labute approximate surface area is 190 Å². The van der Waals surface area contributed by atoms with E-state index in [4.69, 9.17) is 14.2 Å². The van der Waals surface area contributed by atoms with E-state index in [2.05, 4.69) is 27.8 Å². The lowest BCUT2D eigenvalue weighted by Crippen LogP contribution is -2.42. The van der Waals surface area contributed by atoms with Crippen molar-refractivity contribution in [3.05, 3.63) is 54.1 Å². The van der Waals surface area contributed by atoms with Gasteiger partial charge in [-0.1, -0.05) is 18.2 Å². The standard InChI is InChI=1S/C22H29N3O3.HI/c1-23-21(24-14-15-28-18-10-8-17(26-2)9-11-18)25-16-22(12-13-22)19-6-4-5-7-20(19)27-3;/h4-11H,12-16H2,1-3H3,(H2,23,24,25);1H. The molecule has 0 atom stereocenters. The van der Waals surface area contributed by atoms with Crippen molar-refractivity contribution < 1.29 is 14.2 Å². The van der Waals surface area contributed by atoms with Gasteiger partial charge in [0.1, 0.15) is 23.9 Å². The molecule has 2 N–H and O–H groups in total. The number of rotatable bonds is 9. The number of halogens is 1. The topological polar surface area (TPSA) is 64.1 Å². The average Bonchev–Trinajstić information content (AvgIpc) is 3.54. The monoisotopic (exact) mass is 511 g/mol. The summed E-state index contributed by atoms with van der Waals surface area (Å²) in [5, 5.41) is 6.75. The number of ether oxygens (including phenoxy) is 3. The van der Waals surface area contributed by atoms with Crippen molar-refractivity contribution >= 4 is 29.9 Å². The molecule has 1 saturated carbocycles. The molecular formula is C22H30IN3O3. The molecule has 1 aliphatic rings. The molecule has 158 valence electrons. The summed E-state index contributed by atoms with van der Waals surface area (Å²) in [5.41, 5.74) is 1.40. The molecule has 2 aromatic rings. The first-order chi connectivity index (χ1) is 13.7. The number of guanidine groups is 1. The van der Waals surface area contributed by atoms with Crippen LogP contribution in [0.15, 0.2) is 53.5 Å². The summed E-state index contributed by atoms with van der Waals surface area (Å²) in [6.07, 6.45) is 2.30. The maximum absolute atomic E-state index is 5.74. The Kier molecular flexibility index (Phi) is 8.88. The van der Waals surface area contributed by atoms with E-state index in [0.717, 1.165) is 42.6 Å². The summed E-state index contributed by atoms with van der Waals surface area (Å²) in [4.78, 5) is 4.31. The molecule has 1 aliphatic carbocycles. The van der Waals surface area contributed by atoms with Gasteiger partial charge in [0.2, 0.25) is 0 Å². The minimum Gasteiger partial charge on any atom is -0.497 e. The van der Waals surface area contributed by atoms with Gasteiger partial charge in [0, 0.05) is 24.6 Å². The summed E-state index contributed by atoms with van der Waals surface area (Å²) in [6, 6.07) is 15.8. The van der Waals surface area contributed by atoms with Crippen LogP contribution in [-0.4, -0.2) is 46.9 Å². The van der Waals surface area contributed by atoms with Crippen LogP contribution in [0.5, 0.6) is 17.2 Å². The van der Waals surface area contributed by atoms with E-state index >= 15 is 0 Å². The third-order valence-corrected chi connectivity index (χ3v) is 5.07. The van der Waals surface area contributed by atoms with Crippen LogP contribution in [0.1, 0.15) is 18.4 Å². The molecule has 0 aromatic heterocycles. The smallest absolute Gasteiger partial charge is 0.191 e. The molecule has 0 bridgehead atoms. The van der Waals surface area contributed by atoms with Crippen molar-refractivity contribution in [3.63, 3.8) is 0 Å². The van der Waals surface area contributed by atoms with Crippen LogP contribution >= 0.6 is 24.0 Å². The predicted octanol–water partition coefficient (Wildman–Crippen LogP) is 3.60. The van der Waals surface area contributed by atoms with Gasteiger partial charge in [-0.3, -0.25) is 4.99 Å². The van der Waals surface area contributed by atoms with E-state index in [-0.39, 0.29) is 29.4 Å². The minimum atomic E-state index is 0. The summed E-state index contributed by atoms with van der Waals surface area (Å²) in [6.45, 7) is 2.03. The lowest BCUT2D eigenvalue weighted by atomic mass is 9.95. The molecule has 0 amide bonds. The minimum absolute atomic E-state index is 0. The fourth-order valence-electron chi connectivity index (χ4n) is 3.26. The zero-order valence-corrected chi connectivity index (χ0v) is 19.6. The van der Waals surface area contributed by atoms with E-state index in [1.165, 1.54) is 5.56 Å². The number of hydrogen-bond donors (Lipinski definition) is 2. The van der Waals surface area contributed by atoms with Gasteiger partial charge in [0.15, 0.2) is 5.96 Å². The Hall–Kier alpha value is -2.16. The summed E-state index contributed by atoms with van der Waals surface area (Å²) in [7, 11) is 5.16. The van der Waals surface area contributed by atoms with Gasteiger partial charge in [-0.05, 0) is 43.2 Å². The van der Waals surface area contributed by atoms with Crippen LogP contribution in [0.2, 0.25) is 0 Å². The maximum atomic E-state index is 5.74. The maximum Gasteiger partial charge on any atom is 0.191 e. The van der Waals surface area contributed by atoms with Gasteiger partial charge in [-0.15, -0.1) is 24.0 Å². The highest BCUT2D eigenvalue weighted by molar-refractivity contribution is 14.0. The van der Waals surface area contributed by atoms with E-state index in [9.17, 15) is 0 Å². The lowest BCUT2D eigenvalue weighted by molar-refractivity contribution is 0.321. The van der Waals surface area contributed by atoms with Crippen LogP contribution in [0.25, 0.3) is 0 Å². The number of nitrogens with zero attached hydrogens (tertiary/aromatic N) is 1. The van der Waals surface area contributed by atoms with Gasteiger partial charge in [0.25, 0.3) is 0 Å². The van der Waals surface area contributed by atoms with Crippen molar-refractivity contribution in [2.24, 2.45) is 4.99 Å². The quantitative estimate of drug-likeness (QED) is 0.233. The molecule has 7 heteroatoms. The first kappa shape index (κ1) is 23.1. The van der Waals surface area contributed by atoms with Crippen LogP contribution in [0.4, 0.5) is 0 Å². The second-order valence-corrected chi connectivity index (χ2v) is 6.86. The molecule has 0 unspecified atom stereocenters. The van der Waals surface area contributed by atoms with Gasteiger partial charge in [0.05, 0.1) is 20.8 Å². The van der Waals surface area contributed by atoms with Crippen molar-refractivity contribution in [1.82, 2.24) is 10.6 Å². The Morgan fingerprint density at radius 3 is 2.28 bits per heavy atom. The largest absolute Gasteiger partial charge is 0.497 e. The summed E-state index contributed by atoms with van der Waals surface area (Å²) in [5.74, 6) is 3.37. The van der Waals surface area contributed by atoms with Crippen LogP contribution in [0.3, 0.4) is 0 Å². The fourth-order valence-corrected chi connectivity index (χ4v) is 3.26. The van der Waals surface area contributed by atoms with E-state index in [1.54, 1.807) is 21.3 Å². The molecule has 0 radical (unpaired) electrons. The van der Waals surface area contributed by atoms with Crippen LogP contribution in [0, 0.1) is 0 Å². The predicted molar refractivity (Wildman–Crippen MR) is 127 cm³/mol. The van der Waals surface area contributed by atoms with Crippen molar-refractivity contribution in [3.8, 4) is 17.2 Å². The molecule has 0 heterocycles. The molecule has 6 nitrogen and oxygen atoms in total. The number of aliphatic imine (C=N–C) groups is 1. The molecule has 0 aliphatic heterocycles. The molecule has 0 spiro atoms. The number of benzene rings is 2. The SMILES string of the molecule is CN=C(NCCOc1ccc(OC)cc1)NCC1(c2ccccc2OC)CC1.I. The second-order valence-electron chi connectivity index (χ2n) is 6.86. The van der Waals surface area contributed by atoms with E-state index in [0.29, 0.717) is 13.2 Å². The Morgan fingerprint density at radius 2 is 1.66 bits per heavy atom. The fraction of sp³-hybridized carbons (Fsp3) is 0.409. The van der Waals surface area contributed by atoms with Gasteiger partial charge in [-0.25, -0.2) is 0 Å². The highest BCUT2D eigenvalue weighted by atomic mass is 127. The first-order valence-corrected chi connectivity index (χ1v) is 9.55. The lowest BCUT2D eigenvalue weighted by Gasteiger charge is -2.21. The van der Waals surface area contributed by atoms with Crippen molar-refractivity contribution in [2.45, 2.75) is 18.3 Å². The van der Waals surface area contributed by atoms with E-state index < -0.39 is 0 Å². The number of hydrogen-bond acceptors (Lipinski definition) is 4. The van der Waals surface area contributed by atoms with Gasteiger partial charge < -0.3 is 24.8 Å². The highest BCUT2D eigenvalue weighted by Crippen LogP contribution is 2.50. The molecule has 3 rings (SSSR count). The number of para-hydroxylation sites is 1. The normalized spacial score (nSPS) is 14.4. The molecule has 2 aromatic carbocycles. The third kappa shape index (κ3) is 6.16. The molecule has 29 heavy (non-hydrogen) atoms. The molecule has 0 saturated heterocycles. The van der Waals surface area contributed by atoms with Crippen molar-refractivity contribution in [2.75, 3.05) is 41.0 Å². The van der Waals surface area contributed by atoms with E-state index in [1.807, 2.05) is 36.4 Å². The summed E-state index contributed by atoms with van der Waals surface area (Å²) < 4.78 is 16.4. The Bertz CT molecular complexity index is 792. The second kappa shape index (κ2) is 11.1. The van der Waals surface area contributed by atoms with Crippen molar-refractivity contribution in [1.29, 1.82) is 0 Å². The molecular weight excluding hydrogens is 481 g/mol. The van der Waals surface area contributed by atoms with Gasteiger partial charge >= 0.3 is 0 Å². The van der Waals surface area contributed by atoms with Crippen LogP contribution in [-0.2, 0) is 5.41 Å². The zero-order valence-electron chi connectivity index (χ0n) is 17.2. The van der Waals surface area contributed by atoms with Gasteiger partial charge in [-0.2, -0.15) is 0 Å². The summed E-state index contributed by atoms with van der Waals surface area (Å²) >= 11 is 0.